The van der Waals surface area contributed by atoms with E-state index in [0.717, 1.165) is 12.0 Å². The molecule has 0 radical (unpaired) electrons. The third kappa shape index (κ3) is 2.58. The first kappa shape index (κ1) is 11.3. The summed E-state index contributed by atoms with van der Waals surface area (Å²) in [5.41, 5.74) is 1.36. The van der Waals surface area contributed by atoms with Crippen molar-refractivity contribution < 1.29 is 5.11 Å². The Balaban J connectivity index is 2.83. The molecule has 1 nitrogen and oxygen atoms in total. The maximum atomic E-state index is 9.20. The fourth-order valence-electron chi connectivity index (χ4n) is 1.90. The quantitative estimate of drug-likeness (QED) is 0.667. The van der Waals surface area contributed by atoms with E-state index in [1.807, 2.05) is 6.08 Å². The van der Waals surface area contributed by atoms with Crippen molar-refractivity contribution in [2.45, 2.75) is 33.3 Å². The van der Waals surface area contributed by atoms with Crippen LogP contribution in [0.4, 0.5) is 0 Å². The largest absolute Gasteiger partial charge is 0.389 e. The zero-order chi connectivity index (χ0) is 10.8. The van der Waals surface area contributed by atoms with Crippen LogP contribution in [0.1, 0.15) is 27.2 Å². The third-order valence-electron chi connectivity index (χ3n) is 2.80. The smallest absolute Gasteiger partial charge is 0.0692 e. The van der Waals surface area contributed by atoms with Gasteiger partial charge in [-0.25, -0.2) is 0 Å². The molecule has 0 fully saturated rings. The van der Waals surface area contributed by atoms with Gasteiger partial charge in [0.05, 0.1) is 6.10 Å². The zero-order valence-corrected chi connectivity index (χ0v) is 9.33. The number of hydrogen-bond donors (Lipinski definition) is 1. The number of allylic oxidation sites excluding steroid dienone is 4. The van der Waals surface area contributed by atoms with Crippen molar-refractivity contribution in [3.63, 3.8) is 0 Å². The normalized spacial score (nSPS) is 28.3. The molecule has 1 N–H and O–H groups in total. The lowest BCUT2D eigenvalue weighted by Gasteiger charge is -2.35. The average Bonchev–Trinajstić information content (AvgIpc) is 2.01. The second kappa shape index (κ2) is 4.14. The SMILES string of the molecule is C=C1C=CCC(C)(C)[C@H]1/C=C/[C@@H](C)O. The summed E-state index contributed by atoms with van der Waals surface area (Å²) in [4.78, 5) is 0. The minimum Gasteiger partial charge on any atom is -0.389 e. The molecule has 0 saturated heterocycles. The van der Waals surface area contributed by atoms with Gasteiger partial charge in [0.2, 0.25) is 0 Å². The van der Waals surface area contributed by atoms with Gasteiger partial charge < -0.3 is 5.11 Å². The molecule has 0 aromatic heterocycles. The lowest BCUT2D eigenvalue weighted by Crippen LogP contribution is -2.25. The lowest BCUT2D eigenvalue weighted by atomic mass is 9.69. The van der Waals surface area contributed by atoms with E-state index in [1.165, 1.54) is 0 Å². The monoisotopic (exact) mass is 192 g/mol. The highest BCUT2D eigenvalue weighted by atomic mass is 16.3. The fraction of sp³-hybridized carbons (Fsp3) is 0.538. The third-order valence-corrected chi connectivity index (χ3v) is 2.80. The van der Waals surface area contributed by atoms with Crippen LogP contribution in [0.5, 0.6) is 0 Å². The molecule has 1 rings (SSSR count). The van der Waals surface area contributed by atoms with E-state index in [-0.39, 0.29) is 11.5 Å². The van der Waals surface area contributed by atoms with Gasteiger partial charge in [-0.2, -0.15) is 0 Å². The molecule has 0 saturated carbocycles. The van der Waals surface area contributed by atoms with Crippen LogP contribution in [0.2, 0.25) is 0 Å². The van der Waals surface area contributed by atoms with Crippen molar-refractivity contribution in [1.82, 2.24) is 0 Å². The molecule has 0 heterocycles. The van der Waals surface area contributed by atoms with Crippen molar-refractivity contribution in [1.29, 1.82) is 0 Å². The van der Waals surface area contributed by atoms with Crippen LogP contribution in [0.15, 0.2) is 36.5 Å². The molecule has 0 aliphatic heterocycles. The van der Waals surface area contributed by atoms with Gasteiger partial charge in [-0.3, -0.25) is 0 Å². The van der Waals surface area contributed by atoms with E-state index in [1.54, 1.807) is 6.92 Å². The predicted molar refractivity (Wildman–Crippen MR) is 61.0 cm³/mol. The Bertz CT molecular complexity index is 269. The Morgan fingerprint density at radius 1 is 1.64 bits per heavy atom. The fourth-order valence-corrected chi connectivity index (χ4v) is 1.90. The van der Waals surface area contributed by atoms with Gasteiger partial charge in [-0.1, -0.05) is 44.7 Å². The number of aliphatic hydroxyl groups excluding tert-OH is 1. The average molecular weight is 192 g/mol. The summed E-state index contributed by atoms with van der Waals surface area (Å²) >= 11 is 0. The second-order valence-corrected chi connectivity index (χ2v) is 4.77. The van der Waals surface area contributed by atoms with E-state index >= 15 is 0 Å². The first-order chi connectivity index (χ1) is 6.43. The van der Waals surface area contributed by atoms with E-state index in [9.17, 15) is 5.11 Å². The summed E-state index contributed by atoms with van der Waals surface area (Å²) < 4.78 is 0. The molecule has 0 aromatic carbocycles. The number of aliphatic hydroxyl groups is 1. The number of rotatable bonds is 2. The molecule has 1 aliphatic carbocycles. The van der Waals surface area contributed by atoms with E-state index < -0.39 is 0 Å². The van der Waals surface area contributed by atoms with E-state index in [4.69, 9.17) is 0 Å². The molecule has 0 unspecified atom stereocenters. The van der Waals surface area contributed by atoms with E-state index in [0.29, 0.717) is 5.92 Å². The van der Waals surface area contributed by atoms with Gasteiger partial charge in [0.25, 0.3) is 0 Å². The molecule has 0 spiro atoms. The summed E-state index contributed by atoms with van der Waals surface area (Å²) in [5, 5.41) is 9.20. The Morgan fingerprint density at radius 2 is 2.29 bits per heavy atom. The first-order valence-corrected chi connectivity index (χ1v) is 5.15. The van der Waals surface area contributed by atoms with Crippen LogP contribution in [-0.4, -0.2) is 11.2 Å². The van der Waals surface area contributed by atoms with Crippen LogP contribution in [-0.2, 0) is 0 Å². The summed E-state index contributed by atoms with van der Waals surface area (Å²) in [7, 11) is 0. The van der Waals surface area contributed by atoms with Crippen molar-refractivity contribution in [3.05, 3.63) is 36.5 Å². The maximum Gasteiger partial charge on any atom is 0.0692 e. The Labute approximate surface area is 86.8 Å². The molecule has 78 valence electrons. The number of hydrogen-bond acceptors (Lipinski definition) is 1. The molecule has 1 heteroatoms. The predicted octanol–water partition coefficient (Wildman–Crippen LogP) is 3.08. The first-order valence-electron chi connectivity index (χ1n) is 5.15. The molecule has 0 bridgehead atoms. The Morgan fingerprint density at radius 3 is 2.79 bits per heavy atom. The molecule has 1 aliphatic rings. The van der Waals surface area contributed by atoms with Crippen LogP contribution in [0.3, 0.4) is 0 Å². The highest BCUT2D eigenvalue weighted by Crippen LogP contribution is 2.40. The van der Waals surface area contributed by atoms with Gasteiger partial charge in [0.1, 0.15) is 0 Å². The highest BCUT2D eigenvalue weighted by Gasteiger charge is 2.30. The molecule has 14 heavy (non-hydrogen) atoms. The summed E-state index contributed by atoms with van der Waals surface area (Å²) in [6, 6.07) is 0. The summed E-state index contributed by atoms with van der Waals surface area (Å²) in [6.45, 7) is 10.3. The van der Waals surface area contributed by atoms with Crippen LogP contribution in [0.25, 0.3) is 0 Å². The summed E-state index contributed by atoms with van der Waals surface area (Å²) in [5.74, 6) is 0.349. The minimum atomic E-state index is -0.371. The molecular formula is C13H20O. The molecule has 0 aromatic rings. The van der Waals surface area contributed by atoms with Crippen molar-refractivity contribution in [2.75, 3.05) is 0 Å². The molecule has 0 amide bonds. The Kier molecular flexibility index (Phi) is 3.33. The maximum absolute atomic E-state index is 9.20. The van der Waals surface area contributed by atoms with Crippen LogP contribution in [0, 0.1) is 11.3 Å². The van der Waals surface area contributed by atoms with Gasteiger partial charge in [-0.15, -0.1) is 0 Å². The van der Waals surface area contributed by atoms with Crippen molar-refractivity contribution in [2.24, 2.45) is 11.3 Å². The van der Waals surface area contributed by atoms with E-state index in [2.05, 4.69) is 38.7 Å². The second-order valence-electron chi connectivity index (χ2n) is 4.77. The summed E-state index contributed by atoms with van der Waals surface area (Å²) in [6.07, 6.45) is 8.88. The minimum absolute atomic E-state index is 0.219. The van der Waals surface area contributed by atoms with Crippen molar-refractivity contribution >= 4 is 0 Å². The van der Waals surface area contributed by atoms with Crippen molar-refractivity contribution in [3.8, 4) is 0 Å². The van der Waals surface area contributed by atoms with Crippen LogP contribution < -0.4 is 0 Å². The standard InChI is InChI=1S/C13H20O/c1-10-6-5-9-13(3,4)12(10)8-7-11(2)14/h5-8,11-12,14H,1,9H2,2-4H3/b8-7+/t11-,12+/m1/s1. The topological polar surface area (TPSA) is 20.2 Å². The lowest BCUT2D eigenvalue weighted by molar-refractivity contribution is 0.240. The highest BCUT2D eigenvalue weighted by molar-refractivity contribution is 5.29. The molecule has 2 atom stereocenters. The Hall–Kier alpha value is -0.820. The van der Waals surface area contributed by atoms with Gasteiger partial charge in [0.15, 0.2) is 0 Å². The molecular weight excluding hydrogens is 172 g/mol. The van der Waals surface area contributed by atoms with Gasteiger partial charge in [-0.05, 0) is 24.3 Å². The van der Waals surface area contributed by atoms with Crippen LogP contribution >= 0.6 is 0 Å². The van der Waals surface area contributed by atoms with Gasteiger partial charge in [0, 0.05) is 5.92 Å². The van der Waals surface area contributed by atoms with Gasteiger partial charge >= 0.3 is 0 Å². The zero-order valence-electron chi connectivity index (χ0n) is 9.33.